The van der Waals surface area contributed by atoms with Gasteiger partial charge in [0.15, 0.2) is 17.5 Å². The summed E-state index contributed by atoms with van der Waals surface area (Å²) in [6.45, 7) is 2.01. The van der Waals surface area contributed by atoms with Crippen LogP contribution in [0.3, 0.4) is 0 Å². The van der Waals surface area contributed by atoms with Gasteiger partial charge in [-0.2, -0.15) is 26.3 Å². The Labute approximate surface area is 297 Å². The van der Waals surface area contributed by atoms with Crippen molar-refractivity contribution in [2.75, 3.05) is 0 Å². The van der Waals surface area contributed by atoms with Gasteiger partial charge in [0.1, 0.15) is 0 Å². The zero-order chi connectivity index (χ0) is 35.8. The topological polar surface area (TPSA) is 38.7 Å². The summed E-state index contributed by atoms with van der Waals surface area (Å²) in [6.07, 6.45) is -9.14. The molecule has 0 amide bonds. The van der Waals surface area contributed by atoms with Gasteiger partial charge < -0.3 is 0 Å². The summed E-state index contributed by atoms with van der Waals surface area (Å²) in [5.41, 5.74) is 3.61. The van der Waals surface area contributed by atoms with Crippen LogP contribution in [-0.2, 0) is 12.4 Å². The molecule has 7 aromatic rings. The quantitative estimate of drug-likeness (QED) is 0.162. The van der Waals surface area contributed by atoms with Gasteiger partial charge in [-0.25, -0.2) is 15.0 Å². The van der Waals surface area contributed by atoms with E-state index in [9.17, 15) is 26.3 Å². The molecule has 0 atom stereocenters. The van der Waals surface area contributed by atoms with Crippen molar-refractivity contribution in [3.05, 3.63) is 162 Å². The number of alkyl halides is 6. The van der Waals surface area contributed by atoms with Crippen molar-refractivity contribution in [3.63, 3.8) is 0 Å². The molecule has 0 fully saturated rings. The average Bonchev–Trinajstić information content (AvgIpc) is 3.14. The van der Waals surface area contributed by atoms with Crippen molar-refractivity contribution in [1.82, 2.24) is 15.0 Å². The van der Waals surface area contributed by atoms with Crippen LogP contribution in [0.25, 0.3) is 67.5 Å². The molecular weight excluding hydrogens is 672 g/mol. The highest BCUT2D eigenvalue weighted by Crippen LogP contribution is 2.40. The molecule has 9 heteroatoms. The van der Waals surface area contributed by atoms with Crippen LogP contribution >= 0.6 is 0 Å². The van der Waals surface area contributed by atoms with E-state index in [1.807, 2.05) is 55.5 Å². The minimum atomic E-state index is -4.57. The Bertz CT molecular complexity index is 2260. The molecule has 0 aliphatic heterocycles. The number of hydrogen-bond donors (Lipinski definition) is 0. The summed E-state index contributed by atoms with van der Waals surface area (Å²) in [6, 6.07) is 39.2. The predicted octanol–water partition coefficient (Wildman–Crippen LogP) is 12.9. The van der Waals surface area contributed by atoms with E-state index in [2.05, 4.69) is 0 Å². The number of aryl methyl sites for hydroxylation is 1. The van der Waals surface area contributed by atoms with Crippen LogP contribution in [0.4, 0.5) is 26.3 Å². The number of nitrogens with zero attached hydrogens (tertiary/aromatic N) is 3. The van der Waals surface area contributed by atoms with Crippen molar-refractivity contribution in [3.8, 4) is 67.5 Å². The SMILES string of the molecule is C.Cc1ccccc1-c1cccc(-c2nc(-c3cccc(-c4ccccc4C(F)(F)F)c3)nc(-c3cccc(-c4ccccc4C(F)(F)F)c3)n2)c1. The molecule has 1 aromatic heterocycles. The Kier molecular flexibility index (Phi) is 9.80. The minimum absolute atomic E-state index is 0. The van der Waals surface area contributed by atoms with E-state index in [1.165, 1.54) is 24.3 Å². The number of halogens is 6. The molecule has 0 bridgehead atoms. The van der Waals surface area contributed by atoms with E-state index in [4.69, 9.17) is 15.0 Å². The maximum Gasteiger partial charge on any atom is 0.417 e. The highest BCUT2D eigenvalue weighted by Gasteiger charge is 2.34. The molecule has 0 radical (unpaired) electrons. The third-order valence-corrected chi connectivity index (χ3v) is 8.54. The molecule has 0 N–H and O–H groups in total. The monoisotopic (exact) mass is 703 g/mol. The first kappa shape index (κ1) is 35.7. The van der Waals surface area contributed by atoms with Crippen LogP contribution in [0.1, 0.15) is 24.1 Å². The largest absolute Gasteiger partial charge is 0.417 e. The molecule has 52 heavy (non-hydrogen) atoms. The second kappa shape index (κ2) is 14.3. The Morgan fingerprint density at radius 2 is 0.673 bits per heavy atom. The fraction of sp³-hybridized carbons (Fsp3) is 0.0930. The van der Waals surface area contributed by atoms with E-state index >= 15 is 0 Å². The first-order valence-electron chi connectivity index (χ1n) is 15.9. The smallest absolute Gasteiger partial charge is 0.208 e. The van der Waals surface area contributed by atoms with Crippen LogP contribution in [0.15, 0.2) is 146 Å². The Morgan fingerprint density at radius 1 is 0.365 bits per heavy atom. The van der Waals surface area contributed by atoms with Crippen molar-refractivity contribution in [2.45, 2.75) is 26.7 Å². The zero-order valence-corrected chi connectivity index (χ0v) is 27.0. The minimum Gasteiger partial charge on any atom is -0.208 e. The Balaban J connectivity index is 0.00000464. The van der Waals surface area contributed by atoms with Gasteiger partial charge in [0.05, 0.1) is 11.1 Å². The highest BCUT2D eigenvalue weighted by molar-refractivity contribution is 5.78. The van der Waals surface area contributed by atoms with Gasteiger partial charge in [-0.05, 0) is 76.2 Å². The van der Waals surface area contributed by atoms with E-state index in [-0.39, 0.29) is 36.0 Å². The lowest BCUT2D eigenvalue weighted by Gasteiger charge is -2.15. The predicted molar refractivity (Wildman–Crippen MR) is 194 cm³/mol. The number of hydrogen-bond acceptors (Lipinski definition) is 3. The molecule has 0 aliphatic rings. The number of rotatable bonds is 6. The van der Waals surface area contributed by atoms with Gasteiger partial charge in [0.2, 0.25) is 0 Å². The van der Waals surface area contributed by atoms with E-state index in [0.717, 1.165) is 28.8 Å². The van der Waals surface area contributed by atoms with Gasteiger partial charge in [-0.1, -0.05) is 123 Å². The van der Waals surface area contributed by atoms with Crippen LogP contribution in [-0.4, -0.2) is 15.0 Å². The molecule has 0 saturated heterocycles. The maximum atomic E-state index is 14.0. The molecule has 260 valence electrons. The third-order valence-electron chi connectivity index (χ3n) is 8.54. The first-order chi connectivity index (χ1) is 24.5. The lowest BCUT2D eigenvalue weighted by molar-refractivity contribution is -0.137. The summed E-state index contributed by atoms with van der Waals surface area (Å²) in [5.74, 6) is 0.653. The normalized spacial score (nSPS) is 11.6. The van der Waals surface area contributed by atoms with Crippen LogP contribution in [0, 0.1) is 6.92 Å². The Hall–Kier alpha value is -6.09. The van der Waals surface area contributed by atoms with Crippen molar-refractivity contribution in [1.29, 1.82) is 0 Å². The summed E-state index contributed by atoms with van der Waals surface area (Å²) >= 11 is 0. The van der Waals surface area contributed by atoms with E-state index in [0.29, 0.717) is 27.8 Å². The van der Waals surface area contributed by atoms with Gasteiger partial charge >= 0.3 is 12.4 Å². The first-order valence-corrected chi connectivity index (χ1v) is 15.9. The van der Waals surface area contributed by atoms with Crippen molar-refractivity contribution >= 4 is 0 Å². The molecule has 6 aromatic carbocycles. The van der Waals surface area contributed by atoms with Crippen LogP contribution < -0.4 is 0 Å². The lowest BCUT2D eigenvalue weighted by atomic mass is 9.97. The fourth-order valence-corrected chi connectivity index (χ4v) is 6.10. The molecular formula is C43H31F6N3. The van der Waals surface area contributed by atoms with Gasteiger partial charge in [0, 0.05) is 16.7 Å². The van der Waals surface area contributed by atoms with Gasteiger partial charge in [0.25, 0.3) is 0 Å². The molecule has 0 spiro atoms. The summed E-state index contributed by atoms with van der Waals surface area (Å²) in [5, 5.41) is 0. The van der Waals surface area contributed by atoms with Gasteiger partial charge in [-0.3, -0.25) is 0 Å². The molecule has 0 unspecified atom stereocenters. The van der Waals surface area contributed by atoms with Crippen molar-refractivity contribution in [2.24, 2.45) is 0 Å². The fourth-order valence-electron chi connectivity index (χ4n) is 6.10. The number of aromatic nitrogens is 3. The maximum absolute atomic E-state index is 14.0. The summed E-state index contributed by atoms with van der Waals surface area (Å²) < 4.78 is 83.8. The van der Waals surface area contributed by atoms with E-state index < -0.39 is 23.5 Å². The standard InChI is InChI=1S/C42H27F6N3.CH4/c1-26-11-2-3-18-33(26)27-12-8-15-30(23-27)38-49-39(31-16-9-13-28(24-31)34-19-4-6-21-36(34)41(43,44)45)51-40(50-38)32-17-10-14-29(25-32)35-20-5-7-22-37(35)42(46,47)48;/h2-25H,1H3;1H4. The second-order valence-corrected chi connectivity index (χ2v) is 12.0. The Morgan fingerprint density at radius 3 is 1.04 bits per heavy atom. The number of benzene rings is 6. The second-order valence-electron chi connectivity index (χ2n) is 12.0. The van der Waals surface area contributed by atoms with Gasteiger partial charge in [-0.15, -0.1) is 0 Å². The zero-order valence-electron chi connectivity index (χ0n) is 27.0. The van der Waals surface area contributed by atoms with Crippen LogP contribution in [0.5, 0.6) is 0 Å². The molecule has 0 saturated carbocycles. The molecule has 1 heterocycles. The summed E-state index contributed by atoms with van der Waals surface area (Å²) in [7, 11) is 0. The highest BCUT2D eigenvalue weighted by atomic mass is 19.4. The summed E-state index contributed by atoms with van der Waals surface area (Å²) in [4.78, 5) is 14.3. The lowest BCUT2D eigenvalue weighted by Crippen LogP contribution is -2.07. The molecule has 7 rings (SSSR count). The van der Waals surface area contributed by atoms with Crippen molar-refractivity contribution < 1.29 is 26.3 Å². The van der Waals surface area contributed by atoms with Crippen LogP contribution in [0.2, 0.25) is 0 Å². The third kappa shape index (κ3) is 7.35. The molecule has 0 aliphatic carbocycles. The average molecular weight is 704 g/mol. The van der Waals surface area contributed by atoms with E-state index in [1.54, 1.807) is 60.7 Å². The molecule has 3 nitrogen and oxygen atoms in total.